The first-order valence-corrected chi connectivity index (χ1v) is 13.0. The van der Waals surface area contributed by atoms with Crippen LogP contribution in [0.25, 0.3) is 0 Å². The van der Waals surface area contributed by atoms with Crippen LogP contribution in [0.2, 0.25) is 10.0 Å². The van der Waals surface area contributed by atoms with Gasteiger partial charge in [-0.15, -0.1) is 6.58 Å². The molecule has 0 aromatic heterocycles. The molecule has 0 aliphatic carbocycles. The molecule has 0 unspecified atom stereocenters. The zero-order chi connectivity index (χ0) is 27.0. The molecule has 0 saturated carbocycles. The standard InChI is InChI=1S/C29H29Cl2N3O4/c1-2-15-29(28(36)34-32-19-22-9-12-23(30)18-25(22)31)26(20-7-4-3-5-8-20)38-27(33-29)21-10-13-24(14-11-21)37-17-6-16-35/h2-5,7-14,18,26,32,35H,1,6,15-17,19H2,(H,34,36)/t26-,29-/m0/s1. The number of aliphatic hydroxyl groups is 1. The predicted octanol–water partition coefficient (Wildman–Crippen LogP) is 5.41. The van der Waals surface area contributed by atoms with Gasteiger partial charge in [0.05, 0.1) is 6.61 Å². The van der Waals surface area contributed by atoms with E-state index in [0.29, 0.717) is 40.3 Å². The van der Waals surface area contributed by atoms with E-state index in [1.54, 1.807) is 36.4 Å². The minimum Gasteiger partial charge on any atom is -0.494 e. The fourth-order valence-electron chi connectivity index (χ4n) is 4.16. The molecule has 3 aromatic carbocycles. The number of benzene rings is 3. The van der Waals surface area contributed by atoms with Gasteiger partial charge >= 0.3 is 0 Å². The average Bonchev–Trinajstić information content (AvgIpc) is 3.32. The van der Waals surface area contributed by atoms with Crippen LogP contribution < -0.4 is 15.6 Å². The minimum absolute atomic E-state index is 0.0681. The number of aliphatic imine (C=N–C) groups is 1. The van der Waals surface area contributed by atoms with Crippen LogP contribution in [-0.2, 0) is 16.1 Å². The van der Waals surface area contributed by atoms with Gasteiger partial charge in [0.15, 0.2) is 11.6 Å². The maximum absolute atomic E-state index is 13.7. The highest BCUT2D eigenvalue weighted by Gasteiger charge is 2.52. The molecule has 0 bridgehead atoms. The number of rotatable bonds is 12. The Morgan fingerprint density at radius 1 is 1.13 bits per heavy atom. The van der Waals surface area contributed by atoms with Crippen LogP contribution in [0.5, 0.6) is 5.75 Å². The van der Waals surface area contributed by atoms with Gasteiger partial charge in [0.1, 0.15) is 5.75 Å². The van der Waals surface area contributed by atoms with Crippen LogP contribution in [-0.4, -0.2) is 35.7 Å². The average molecular weight is 554 g/mol. The molecular formula is C29H29Cl2N3O4. The fraction of sp³-hybridized carbons (Fsp3) is 0.241. The second-order valence-electron chi connectivity index (χ2n) is 8.74. The minimum atomic E-state index is -1.30. The number of amides is 1. The second kappa shape index (κ2) is 12.9. The molecule has 1 heterocycles. The lowest BCUT2D eigenvalue weighted by Gasteiger charge is -2.29. The zero-order valence-electron chi connectivity index (χ0n) is 20.7. The molecule has 1 amide bonds. The van der Waals surface area contributed by atoms with Gasteiger partial charge in [-0.1, -0.05) is 65.7 Å². The van der Waals surface area contributed by atoms with E-state index < -0.39 is 11.6 Å². The Bertz CT molecular complexity index is 1280. The number of aliphatic hydroxyl groups excluding tert-OH is 1. The van der Waals surface area contributed by atoms with Crippen molar-refractivity contribution in [2.24, 2.45) is 4.99 Å². The summed E-state index contributed by atoms with van der Waals surface area (Å²) in [6.45, 7) is 4.66. The van der Waals surface area contributed by atoms with Gasteiger partial charge in [-0.05, 0) is 47.5 Å². The van der Waals surface area contributed by atoms with Gasteiger partial charge in [-0.2, -0.15) is 0 Å². The summed E-state index contributed by atoms with van der Waals surface area (Å²) in [5.41, 5.74) is 6.75. The quantitative estimate of drug-likeness (QED) is 0.158. The number of halogens is 2. The first-order chi connectivity index (χ1) is 18.5. The lowest BCUT2D eigenvalue weighted by Crippen LogP contribution is -2.52. The highest BCUT2D eigenvalue weighted by molar-refractivity contribution is 6.35. The smallest absolute Gasteiger partial charge is 0.266 e. The third-order valence-electron chi connectivity index (χ3n) is 6.08. The van der Waals surface area contributed by atoms with Crippen LogP contribution in [0, 0.1) is 0 Å². The molecular weight excluding hydrogens is 525 g/mol. The van der Waals surface area contributed by atoms with Crippen LogP contribution >= 0.6 is 23.2 Å². The molecule has 38 heavy (non-hydrogen) atoms. The lowest BCUT2D eigenvalue weighted by molar-refractivity contribution is -0.129. The van der Waals surface area contributed by atoms with E-state index in [1.165, 1.54) is 0 Å². The number of nitrogens with one attached hydrogen (secondary N) is 2. The largest absolute Gasteiger partial charge is 0.494 e. The van der Waals surface area contributed by atoms with E-state index in [0.717, 1.165) is 11.1 Å². The molecule has 2 atom stereocenters. The number of carbonyl (C=O) groups excluding carboxylic acids is 1. The number of carbonyl (C=O) groups is 1. The van der Waals surface area contributed by atoms with Crippen LogP contribution in [0.4, 0.5) is 0 Å². The van der Waals surface area contributed by atoms with Crippen LogP contribution in [0.15, 0.2) is 90.4 Å². The summed E-state index contributed by atoms with van der Waals surface area (Å²) < 4.78 is 12.0. The van der Waals surface area contributed by atoms with Crippen molar-refractivity contribution in [1.29, 1.82) is 0 Å². The maximum Gasteiger partial charge on any atom is 0.266 e. The van der Waals surface area contributed by atoms with Crippen molar-refractivity contribution in [3.8, 4) is 5.75 Å². The fourth-order valence-corrected chi connectivity index (χ4v) is 4.63. The van der Waals surface area contributed by atoms with Gasteiger partial charge in [-0.25, -0.2) is 10.4 Å². The molecule has 0 saturated heterocycles. The molecule has 4 rings (SSSR count). The summed E-state index contributed by atoms with van der Waals surface area (Å²) in [5.74, 6) is 0.648. The molecule has 3 N–H and O–H groups in total. The Hall–Kier alpha value is -3.36. The normalized spacial score (nSPS) is 18.4. The Kier molecular flexibility index (Phi) is 9.42. The van der Waals surface area contributed by atoms with E-state index in [4.69, 9.17) is 42.8 Å². The molecule has 0 fully saturated rings. The number of hydrogen-bond acceptors (Lipinski definition) is 6. The monoisotopic (exact) mass is 553 g/mol. The highest BCUT2D eigenvalue weighted by atomic mass is 35.5. The van der Waals surface area contributed by atoms with Crippen LogP contribution in [0.1, 0.15) is 35.6 Å². The number of ether oxygens (including phenoxy) is 2. The van der Waals surface area contributed by atoms with Gasteiger partial charge in [0.25, 0.3) is 5.91 Å². The summed E-state index contributed by atoms with van der Waals surface area (Å²) in [4.78, 5) is 18.6. The topological polar surface area (TPSA) is 92.2 Å². The van der Waals surface area contributed by atoms with Gasteiger partial charge in [0, 0.05) is 41.6 Å². The van der Waals surface area contributed by atoms with E-state index >= 15 is 0 Å². The van der Waals surface area contributed by atoms with E-state index in [1.807, 2.05) is 42.5 Å². The predicted molar refractivity (Wildman–Crippen MR) is 149 cm³/mol. The Balaban J connectivity index is 1.59. The molecule has 3 aromatic rings. The van der Waals surface area contributed by atoms with Crippen LogP contribution in [0.3, 0.4) is 0 Å². The van der Waals surface area contributed by atoms with Crippen molar-refractivity contribution in [2.75, 3.05) is 13.2 Å². The molecule has 7 nitrogen and oxygen atoms in total. The second-order valence-corrected chi connectivity index (χ2v) is 9.58. The molecule has 0 spiro atoms. The number of hydrazine groups is 1. The third kappa shape index (κ3) is 6.37. The van der Waals surface area contributed by atoms with Gasteiger partial charge in [-0.3, -0.25) is 10.2 Å². The third-order valence-corrected chi connectivity index (χ3v) is 6.67. The molecule has 1 aliphatic heterocycles. The summed E-state index contributed by atoms with van der Waals surface area (Å²) in [7, 11) is 0. The lowest BCUT2D eigenvalue weighted by atomic mass is 9.84. The Labute approximate surface area is 232 Å². The summed E-state index contributed by atoms with van der Waals surface area (Å²) in [6.07, 6.45) is 1.78. The number of nitrogens with zero attached hydrogens (tertiary/aromatic N) is 1. The first-order valence-electron chi connectivity index (χ1n) is 12.2. The summed E-state index contributed by atoms with van der Waals surface area (Å²) in [5, 5.41) is 9.99. The van der Waals surface area contributed by atoms with Crippen molar-refractivity contribution < 1.29 is 19.4 Å². The maximum atomic E-state index is 13.7. The van der Waals surface area contributed by atoms with E-state index in [9.17, 15) is 4.79 Å². The van der Waals surface area contributed by atoms with Gasteiger partial charge in [0.2, 0.25) is 5.90 Å². The summed E-state index contributed by atoms with van der Waals surface area (Å²) >= 11 is 12.3. The van der Waals surface area contributed by atoms with E-state index in [-0.39, 0.29) is 25.5 Å². The van der Waals surface area contributed by atoms with Crippen molar-refractivity contribution in [1.82, 2.24) is 10.9 Å². The van der Waals surface area contributed by atoms with Gasteiger partial charge < -0.3 is 14.6 Å². The SMILES string of the molecule is C=CC[C@]1(C(=O)NNCc2ccc(Cl)cc2Cl)N=C(c2ccc(OCCCO)cc2)O[C@H]1c1ccccc1. The van der Waals surface area contributed by atoms with Crippen molar-refractivity contribution in [3.63, 3.8) is 0 Å². The van der Waals surface area contributed by atoms with Crippen molar-refractivity contribution >= 4 is 35.0 Å². The number of hydrogen-bond donors (Lipinski definition) is 3. The molecule has 9 heteroatoms. The highest BCUT2D eigenvalue weighted by Crippen LogP contribution is 2.42. The molecule has 1 aliphatic rings. The zero-order valence-corrected chi connectivity index (χ0v) is 22.2. The molecule has 198 valence electrons. The van der Waals surface area contributed by atoms with Crippen molar-refractivity contribution in [3.05, 3.63) is 112 Å². The Morgan fingerprint density at radius 3 is 2.58 bits per heavy atom. The van der Waals surface area contributed by atoms with E-state index in [2.05, 4.69) is 17.4 Å². The molecule has 0 radical (unpaired) electrons. The Morgan fingerprint density at radius 2 is 1.89 bits per heavy atom. The first kappa shape index (κ1) is 27.7. The summed E-state index contributed by atoms with van der Waals surface area (Å²) in [6, 6.07) is 22.0. The van der Waals surface area contributed by atoms with Crippen molar-refractivity contribution in [2.45, 2.75) is 31.0 Å².